The summed E-state index contributed by atoms with van der Waals surface area (Å²) in [7, 11) is 0. The molecule has 0 saturated carbocycles. The van der Waals surface area contributed by atoms with Crippen LogP contribution in [0.25, 0.3) is 11.1 Å². The number of carboxylic acids is 1. The fourth-order valence-electron chi connectivity index (χ4n) is 3.90. The first kappa shape index (κ1) is 26.6. The summed E-state index contributed by atoms with van der Waals surface area (Å²) in [6.07, 6.45) is 1.53. The van der Waals surface area contributed by atoms with Crippen molar-refractivity contribution >= 4 is 46.5 Å². The van der Waals surface area contributed by atoms with Crippen molar-refractivity contribution < 1.29 is 19.6 Å². The molecule has 38 heavy (non-hydrogen) atoms. The van der Waals surface area contributed by atoms with Crippen LogP contribution < -0.4 is 10.9 Å². The van der Waals surface area contributed by atoms with Crippen molar-refractivity contribution in [2.75, 3.05) is 5.32 Å². The molecule has 0 aliphatic heterocycles. The molecule has 0 radical (unpaired) electrons. The predicted molar refractivity (Wildman–Crippen MR) is 144 cm³/mol. The SMILES string of the molecule is O=C(O)c1ccc(NC(=O)[C@H](Cc2ccc(Cl)cc2)n2ccc(-c3cc(Cl)ccc3[N+](=O)[O-])cc2=O)cc1. The highest BCUT2D eigenvalue weighted by Crippen LogP contribution is 2.32. The van der Waals surface area contributed by atoms with E-state index in [1.165, 1.54) is 65.4 Å². The van der Waals surface area contributed by atoms with Gasteiger partial charge in [0.2, 0.25) is 5.91 Å². The second-order valence-electron chi connectivity index (χ2n) is 8.30. The number of anilines is 1. The number of amides is 1. The van der Waals surface area contributed by atoms with Gasteiger partial charge in [0.25, 0.3) is 11.2 Å². The average molecular weight is 552 g/mol. The molecule has 0 bridgehead atoms. The highest BCUT2D eigenvalue weighted by Gasteiger charge is 2.24. The number of rotatable bonds is 8. The molecular weight excluding hydrogens is 533 g/mol. The molecule has 2 N–H and O–H groups in total. The summed E-state index contributed by atoms with van der Waals surface area (Å²) in [6, 6.07) is 18.2. The van der Waals surface area contributed by atoms with Gasteiger partial charge in [0, 0.05) is 40.5 Å². The molecule has 0 unspecified atom stereocenters. The number of hydrogen-bond acceptors (Lipinski definition) is 5. The molecular formula is C27H19Cl2N3O6. The molecule has 0 aliphatic rings. The molecule has 3 aromatic carbocycles. The number of aromatic nitrogens is 1. The number of carboxylic acid groups (broad SMARTS) is 1. The van der Waals surface area contributed by atoms with Gasteiger partial charge in [-0.2, -0.15) is 0 Å². The fourth-order valence-corrected chi connectivity index (χ4v) is 4.19. The van der Waals surface area contributed by atoms with Gasteiger partial charge in [-0.25, -0.2) is 4.79 Å². The molecule has 9 nitrogen and oxygen atoms in total. The summed E-state index contributed by atoms with van der Waals surface area (Å²) in [5, 5.41) is 24.1. The van der Waals surface area contributed by atoms with Crippen molar-refractivity contribution in [3.8, 4) is 11.1 Å². The Morgan fingerprint density at radius 3 is 2.21 bits per heavy atom. The number of aromatic carboxylic acids is 1. The quantitative estimate of drug-likeness (QED) is 0.208. The van der Waals surface area contributed by atoms with Crippen LogP contribution in [0.4, 0.5) is 11.4 Å². The maximum atomic E-state index is 13.4. The highest BCUT2D eigenvalue weighted by atomic mass is 35.5. The van der Waals surface area contributed by atoms with Crippen LogP contribution in [0.3, 0.4) is 0 Å². The standard InChI is InChI=1S/C27H19Cl2N3O6/c28-19-5-1-16(2-6-19)13-24(26(34)30-21-8-3-17(4-9-21)27(35)36)31-12-11-18(14-25(31)33)22-15-20(29)7-10-23(22)32(37)38/h1-12,14-15,24H,13H2,(H,30,34)(H,35,36)/t24-/m0/s1. The summed E-state index contributed by atoms with van der Waals surface area (Å²) in [6.45, 7) is 0. The Labute approximate surface area is 226 Å². The summed E-state index contributed by atoms with van der Waals surface area (Å²) >= 11 is 12.0. The van der Waals surface area contributed by atoms with Gasteiger partial charge in [-0.15, -0.1) is 0 Å². The van der Waals surface area contributed by atoms with Crippen LogP contribution in [0.5, 0.6) is 0 Å². The molecule has 4 aromatic rings. The summed E-state index contributed by atoms with van der Waals surface area (Å²) in [5.74, 6) is -1.62. The van der Waals surface area contributed by atoms with Gasteiger partial charge < -0.3 is 15.0 Å². The van der Waals surface area contributed by atoms with Crippen LogP contribution in [0.2, 0.25) is 10.0 Å². The molecule has 192 valence electrons. The topological polar surface area (TPSA) is 132 Å². The van der Waals surface area contributed by atoms with Crippen LogP contribution in [0.15, 0.2) is 89.9 Å². The van der Waals surface area contributed by atoms with E-state index >= 15 is 0 Å². The van der Waals surface area contributed by atoms with E-state index in [1.807, 2.05) is 0 Å². The molecule has 0 saturated heterocycles. The second-order valence-corrected chi connectivity index (χ2v) is 9.17. The third kappa shape index (κ3) is 6.08. The Kier molecular flexibility index (Phi) is 7.90. The largest absolute Gasteiger partial charge is 0.478 e. The lowest BCUT2D eigenvalue weighted by molar-refractivity contribution is -0.384. The van der Waals surface area contributed by atoms with Crippen molar-refractivity contribution in [2.24, 2.45) is 0 Å². The summed E-state index contributed by atoms with van der Waals surface area (Å²) in [5.41, 5.74) is 0.804. The molecule has 0 aliphatic carbocycles. The van der Waals surface area contributed by atoms with E-state index in [0.717, 1.165) is 5.56 Å². The third-order valence-corrected chi connectivity index (χ3v) is 6.28. The second kappa shape index (κ2) is 11.3. The molecule has 1 heterocycles. The number of carbonyl (C=O) groups excluding carboxylic acids is 1. The normalized spacial score (nSPS) is 11.5. The smallest absolute Gasteiger partial charge is 0.335 e. The van der Waals surface area contributed by atoms with E-state index in [2.05, 4.69) is 5.32 Å². The fraction of sp³-hybridized carbons (Fsp3) is 0.0741. The van der Waals surface area contributed by atoms with E-state index in [9.17, 15) is 24.5 Å². The molecule has 1 amide bonds. The summed E-state index contributed by atoms with van der Waals surface area (Å²) in [4.78, 5) is 48.7. The zero-order chi connectivity index (χ0) is 27.4. The van der Waals surface area contributed by atoms with Gasteiger partial charge >= 0.3 is 5.97 Å². The monoisotopic (exact) mass is 551 g/mol. The number of carbonyl (C=O) groups is 2. The Bertz CT molecular complexity index is 1580. The minimum Gasteiger partial charge on any atom is -0.478 e. The molecule has 11 heteroatoms. The molecule has 0 fully saturated rings. The van der Waals surface area contributed by atoms with E-state index in [1.54, 1.807) is 24.3 Å². The maximum Gasteiger partial charge on any atom is 0.335 e. The predicted octanol–water partition coefficient (Wildman–Crippen LogP) is 5.85. The van der Waals surface area contributed by atoms with Crippen LogP contribution in [-0.4, -0.2) is 26.5 Å². The van der Waals surface area contributed by atoms with Crippen LogP contribution in [-0.2, 0) is 11.2 Å². The van der Waals surface area contributed by atoms with Crippen molar-refractivity contribution in [3.63, 3.8) is 0 Å². The first-order chi connectivity index (χ1) is 18.1. The number of benzene rings is 3. The van der Waals surface area contributed by atoms with Gasteiger partial charge in [-0.05, 0) is 65.7 Å². The van der Waals surface area contributed by atoms with Crippen LogP contribution >= 0.6 is 23.2 Å². The maximum absolute atomic E-state index is 13.4. The number of pyridine rings is 1. The Hall–Kier alpha value is -4.47. The lowest BCUT2D eigenvalue weighted by atomic mass is 10.0. The van der Waals surface area contributed by atoms with Gasteiger partial charge in [0.1, 0.15) is 6.04 Å². The molecule has 1 aromatic heterocycles. The highest BCUT2D eigenvalue weighted by molar-refractivity contribution is 6.31. The first-order valence-electron chi connectivity index (χ1n) is 11.2. The first-order valence-corrected chi connectivity index (χ1v) is 11.9. The summed E-state index contributed by atoms with van der Waals surface area (Å²) < 4.78 is 1.23. The Balaban J connectivity index is 1.71. The number of hydrogen-bond donors (Lipinski definition) is 2. The van der Waals surface area contributed by atoms with Gasteiger partial charge in [-0.3, -0.25) is 19.7 Å². The Morgan fingerprint density at radius 2 is 1.61 bits per heavy atom. The number of nitro groups is 1. The third-order valence-electron chi connectivity index (χ3n) is 5.79. The van der Waals surface area contributed by atoms with E-state index < -0.39 is 28.4 Å². The van der Waals surface area contributed by atoms with Crippen molar-refractivity contribution in [1.82, 2.24) is 4.57 Å². The van der Waals surface area contributed by atoms with Gasteiger partial charge in [0.05, 0.1) is 16.1 Å². The average Bonchev–Trinajstić information content (AvgIpc) is 2.88. The number of nitrogens with one attached hydrogen (secondary N) is 1. The van der Waals surface area contributed by atoms with E-state index in [0.29, 0.717) is 10.7 Å². The van der Waals surface area contributed by atoms with Crippen molar-refractivity contribution in [1.29, 1.82) is 0 Å². The Morgan fingerprint density at radius 1 is 0.947 bits per heavy atom. The molecule has 4 rings (SSSR count). The number of nitrogens with zero attached hydrogens (tertiary/aromatic N) is 2. The van der Waals surface area contributed by atoms with Crippen LogP contribution in [0, 0.1) is 10.1 Å². The van der Waals surface area contributed by atoms with Crippen molar-refractivity contribution in [3.05, 3.63) is 127 Å². The van der Waals surface area contributed by atoms with Crippen molar-refractivity contribution in [2.45, 2.75) is 12.5 Å². The van der Waals surface area contributed by atoms with E-state index in [4.69, 9.17) is 28.3 Å². The molecule has 1 atom stereocenters. The van der Waals surface area contributed by atoms with Crippen LogP contribution in [0.1, 0.15) is 22.0 Å². The molecule has 0 spiro atoms. The van der Waals surface area contributed by atoms with Gasteiger partial charge in [0.15, 0.2) is 0 Å². The number of halogens is 2. The lowest BCUT2D eigenvalue weighted by Gasteiger charge is -2.20. The zero-order valence-corrected chi connectivity index (χ0v) is 21.0. The lowest BCUT2D eigenvalue weighted by Crippen LogP contribution is -2.34. The van der Waals surface area contributed by atoms with E-state index in [-0.39, 0.29) is 33.8 Å². The zero-order valence-electron chi connectivity index (χ0n) is 19.5. The number of nitro benzene ring substituents is 1. The minimum absolute atomic E-state index is 0.0580. The van der Waals surface area contributed by atoms with Gasteiger partial charge in [-0.1, -0.05) is 35.3 Å². The minimum atomic E-state index is -1.10.